The number of primary sulfonamides is 1. The first-order chi connectivity index (χ1) is 9.40. The van der Waals surface area contributed by atoms with Crippen molar-refractivity contribution in [1.29, 1.82) is 0 Å². The van der Waals surface area contributed by atoms with E-state index in [4.69, 9.17) is 5.14 Å². The number of nitrogens with two attached hydrogens (primary N) is 1. The first-order valence-electron chi connectivity index (χ1n) is 6.33. The Hall–Kier alpha value is -1.05. The summed E-state index contributed by atoms with van der Waals surface area (Å²) in [6, 6.07) is 7.46. The molecule has 1 aliphatic rings. The van der Waals surface area contributed by atoms with Crippen LogP contribution in [-0.2, 0) is 10.0 Å². The number of amides is 1. The smallest absolute Gasteiger partial charge is 0.254 e. The van der Waals surface area contributed by atoms with Gasteiger partial charge in [-0.3, -0.25) is 4.79 Å². The van der Waals surface area contributed by atoms with Gasteiger partial charge in [0.1, 0.15) is 0 Å². The molecule has 1 unspecified atom stereocenters. The molecule has 20 heavy (non-hydrogen) atoms. The summed E-state index contributed by atoms with van der Waals surface area (Å²) in [5.74, 6) is -0.150. The minimum Gasteiger partial charge on any atom is -0.338 e. The molecule has 1 heterocycles. The molecule has 1 saturated heterocycles. The molecule has 0 aliphatic carbocycles. The third-order valence-corrected chi connectivity index (χ3v) is 5.11. The van der Waals surface area contributed by atoms with Crippen LogP contribution in [0.3, 0.4) is 0 Å². The lowest BCUT2D eigenvalue weighted by Gasteiger charge is -2.18. The van der Waals surface area contributed by atoms with Crippen LogP contribution in [0.15, 0.2) is 29.2 Å². The number of sulfonamides is 1. The van der Waals surface area contributed by atoms with Gasteiger partial charge >= 0.3 is 0 Å². The van der Waals surface area contributed by atoms with Crippen LogP contribution in [0.5, 0.6) is 0 Å². The normalized spacial score (nSPS) is 19.3. The van der Waals surface area contributed by atoms with Crippen molar-refractivity contribution in [2.24, 2.45) is 11.1 Å². The number of likely N-dealkylation sites (tertiary alicyclic amines) is 1. The van der Waals surface area contributed by atoms with E-state index >= 15 is 0 Å². The molecule has 2 rings (SSSR count). The van der Waals surface area contributed by atoms with E-state index in [0.717, 1.165) is 4.90 Å². The molecule has 0 aromatic heterocycles. The van der Waals surface area contributed by atoms with Gasteiger partial charge in [0, 0.05) is 18.0 Å². The average molecular weight is 314 g/mol. The molecule has 1 aromatic rings. The Balaban J connectivity index is 2.08. The Kier molecular flexibility index (Phi) is 4.72. The number of carbonyl (C=O) groups is 1. The summed E-state index contributed by atoms with van der Waals surface area (Å²) in [6.07, 6.45) is 2.61. The number of benzene rings is 1. The highest BCUT2D eigenvalue weighted by Crippen LogP contribution is 2.25. The minimum atomic E-state index is -3.48. The van der Waals surface area contributed by atoms with E-state index in [-0.39, 0.29) is 17.6 Å². The Morgan fingerprint density at radius 1 is 1.45 bits per heavy atom. The van der Waals surface area contributed by atoms with Gasteiger partial charge in [-0.25, -0.2) is 13.6 Å². The van der Waals surface area contributed by atoms with Crippen LogP contribution < -0.4 is 5.14 Å². The standard InChI is InChI=1S/C13H18N2O3S2/c1-19-12-5-3-2-4-11(12)13(16)15-7-6-10(8-15)9-20(14,17)18/h2-5,10H,6-9H2,1H3,(H2,14,17,18). The number of hydrogen-bond donors (Lipinski definition) is 1. The van der Waals surface area contributed by atoms with Crippen molar-refractivity contribution in [3.05, 3.63) is 29.8 Å². The van der Waals surface area contributed by atoms with Crippen LogP contribution in [0.2, 0.25) is 0 Å². The van der Waals surface area contributed by atoms with Crippen molar-refractivity contribution < 1.29 is 13.2 Å². The number of hydrogen-bond acceptors (Lipinski definition) is 4. The van der Waals surface area contributed by atoms with Crippen LogP contribution in [0.25, 0.3) is 0 Å². The zero-order valence-corrected chi connectivity index (χ0v) is 12.9. The maximum Gasteiger partial charge on any atom is 0.254 e. The second kappa shape index (κ2) is 6.15. The second-order valence-electron chi connectivity index (χ2n) is 4.94. The summed E-state index contributed by atoms with van der Waals surface area (Å²) in [7, 11) is -3.48. The van der Waals surface area contributed by atoms with Gasteiger partial charge in [-0.05, 0) is 30.7 Å². The molecule has 2 N–H and O–H groups in total. The van der Waals surface area contributed by atoms with Crippen LogP contribution in [0.1, 0.15) is 16.8 Å². The second-order valence-corrected chi connectivity index (χ2v) is 7.44. The highest BCUT2D eigenvalue weighted by atomic mass is 32.2. The van der Waals surface area contributed by atoms with E-state index < -0.39 is 10.0 Å². The van der Waals surface area contributed by atoms with Crippen LogP contribution >= 0.6 is 11.8 Å². The zero-order valence-electron chi connectivity index (χ0n) is 11.3. The fourth-order valence-electron chi connectivity index (χ4n) is 2.47. The lowest BCUT2D eigenvalue weighted by Crippen LogP contribution is -2.31. The summed E-state index contributed by atoms with van der Waals surface area (Å²) < 4.78 is 22.2. The van der Waals surface area contributed by atoms with Crippen LogP contribution in [-0.4, -0.2) is 44.3 Å². The monoisotopic (exact) mass is 314 g/mol. The van der Waals surface area contributed by atoms with Crippen molar-refractivity contribution in [1.82, 2.24) is 4.90 Å². The quantitative estimate of drug-likeness (QED) is 0.846. The van der Waals surface area contributed by atoms with Gasteiger partial charge in [-0.2, -0.15) is 0 Å². The van der Waals surface area contributed by atoms with E-state index in [1.54, 1.807) is 11.0 Å². The van der Waals surface area contributed by atoms with Gasteiger partial charge in [-0.15, -0.1) is 11.8 Å². The Bertz CT molecular complexity index is 601. The molecule has 1 aliphatic heterocycles. The number of thioether (sulfide) groups is 1. The fraction of sp³-hybridized carbons (Fsp3) is 0.462. The maximum absolute atomic E-state index is 12.5. The summed E-state index contributed by atoms with van der Waals surface area (Å²) in [5.41, 5.74) is 0.677. The number of rotatable bonds is 4. The largest absolute Gasteiger partial charge is 0.338 e. The summed E-state index contributed by atoms with van der Waals surface area (Å²) in [4.78, 5) is 15.1. The van der Waals surface area contributed by atoms with Crippen molar-refractivity contribution >= 4 is 27.7 Å². The first kappa shape index (κ1) is 15.3. The molecule has 7 heteroatoms. The topological polar surface area (TPSA) is 80.5 Å². The molecule has 1 aromatic carbocycles. The summed E-state index contributed by atoms with van der Waals surface area (Å²) >= 11 is 1.53. The summed E-state index contributed by atoms with van der Waals surface area (Å²) in [5, 5.41) is 5.06. The van der Waals surface area contributed by atoms with Crippen LogP contribution in [0, 0.1) is 5.92 Å². The molecule has 0 bridgehead atoms. The molecule has 1 amide bonds. The van der Waals surface area contributed by atoms with E-state index in [2.05, 4.69) is 0 Å². The molecule has 110 valence electrons. The third-order valence-electron chi connectivity index (χ3n) is 3.38. The summed E-state index contributed by atoms with van der Waals surface area (Å²) in [6.45, 7) is 1.04. The minimum absolute atomic E-state index is 0.0353. The first-order valence-corrected chi connectivity index (χ1v) is 9.27. The number of nitrogens with zero attached hydrogens (tertiary/aromatic N) is 1. The van der Waals surface area contributed by atoms with Crippen molar-refractivity contribution in [2.75, 3.05) is 25.1 Å². The van der Waals surface area contributed by atoms with E-state index in [9.17, 15) is 13.2 Å². The van der Waals surface area contributed by atoms with Crippen molar-refractivity contribution in [3.63, 3.8) is 0 Å². The third kappa shape index (κ3) is 3.74. The van der Waals surface area contributed by atoms with Crippen molar-refractivity contribution in [3.8, 4) is 0 Å². The Labute approximate surface area is 123 Å². The molecular formula is C13H18N2O3S2. The van der Waals surface area contributed by atoms with Crippen molar-refractivity contribution in [2.45, 2.75) is 11.3 Å². The predicted molar refractivity (Wildman–Crippen MR) is 80.2 cm³/mol. The van der Waals surface area contributed by atoms with Gasteiger partial charge in [0.2, 0.25) is 10.0 Å². The Morgan fingerprint density at radius 3 is 2.80 bits per heavy atom. The molecule has 1 fully saturated rings. The molecule has 0 saturated carbocycles. The van der Waals surface area contributed by atoms with Gasteiger partial charge < -0.3 is 4.90 Å². The van der Waals surface area contributed by atoms with E-state index in [1.807, 2.05) is 24.5 Å². The lowest BCUT2D eigenvalue weighted by molar-refractivity contribution is 0.0785. The van der Waals surface area contributed by atoms with Gasteiger partial charge in [0.25, 0.3) is 5.91 Å². The van der Waals surface area contributed by atoms with Crippen LogP contribution in [0.4, 0.5) is 0 Å². The molecular weight excluding hydrogens is 296 g/mol. The highest BCUT2D eigenvalue weighted by molar-refractivity contribution is 7.98. The average Bonchev–Trinajstić information content (AvgIpc) is 2.84. The molecule has 0 radical (unpaired) electrons. The highest BCUT2D eigenvalue weighted by Gasteiger charge is 2.29. The van der Waals surface area contributed by atoms with E-state index in [1.165, 1.54) is 11.8 Å². The SMILES string of the molecule is CSc1ccccc1C(=O)N1CCC(CS(N)(=O)=O)C1. The maximum atomic E-state index is 12.5. The molecule has 0 spiro atoms. The molecule has 5 nitrogen and oxygen atoms in total. The number of carbonyl (C=O) groups excluding carboxylic acids is 1. The lowest BCUT2D eigenvalue weighted by atomic mass is 10.1. The van der Waals surface area contributed by atoms with E-state index in [0.29, 0.717) is 25.1 Å². The predicted octanol–water partition coefficient (Wildman–Crippen LogP) is 1.16. The Morgan fingerprint density at radius 2 is 2.15 bits per heavy atom. The fourth-order valence-corrected chi connectivity index (χ4v) is 3.99. The van der Waals surface area contributed by atoms with Gasteiger partial charge in [-0.1, -0.05) is 12.1 Å². The zero-order chi connectivity index (χ0) is 14.8. The van der Waals surface area contributed by atoms with Gasteiger partial charge in [0.05, 0.1) is 11.3 Å². The van der Waals surface area contributed by atoms with Gasteiger partial charge in [0.15, 0.2) is 0 Å². The molecule has 1 atom stereocenters.